The van der Waals surface area contributed by atoms with Gasteiger partial charge in [0.15, 0.2) is 11.6 Å². The molecule has 10 heteroatoms. The van der Waals surface area contributed by atoms with E-state index in [1.54, 1.807) is 18.2 Å². The van der Waals surface area contributed by atoms with E-state index >= 15 is 4.39 Å². The lowest BCUT2D eigenvalue weighted by Crippen LogP contribution is -2.35. The molecule has 2 aliphatic rings. The van der Waals surface area contributed by atoms with Gasteiger partial charge in [-0.3, -0.25) is 14.5 Å². The molecule has 246 valence electrons. The Labute approximate surface area is 269 Å². The number of hydrogen-bond donors (Lipinski definition) is 2. The smallest absolute Gasteiger partial charge is 0.309 e. The molecule has 0 aromatic heterocycles. The van der Waals surface area contributed by atoms with Crippen molar-refractivity contribution in [2.75, 3.05) is 38.4 Å². The average molecular weight is 635 g/mol. The Kier molecular flexibility index (Phi) is 10.5. The Morgan fingerprint density at radius 2 is 1.72 bits per heavy atom. The minimum atomic E-state index is -1.04. The Hall–Kier alpha value is -4.15. The van der Waals surface area contributed by atoms with Gasteiger partial charge < -0.3 is 29.4 Å². The predicted octanol–water partition coefficient (Wildman–Crippen LogP) is 6.27. The third kappa shape index (κ3) is 7.29. The van der Waals surface area contributed by atoms with E-state index in [1.165, 1.54) is 6.07 Å². The maximum atomic E-state index is 15.0. The minimum Gasteiger partial charge on any atom is -0.491 e. The number of nitrogens with zero attached hydrogens (tertiary/aromatic N) is 1. The monoisotopic (exact) mass is 634 g/mol. The second-order valence-corrected chi connectivity index (χ2v) is 12.1. The van der Waals surface area contributed by atoms with Crippen LogP contribution in [0.5, 0.6) is 17.2 Å². The van der Waals surface area contributed by atoms with Gasteiger partial charge in [0.2, 0.25) is 18.4 Å². The van der Waals surface area contributed by atoms with E-state index in [4.69, 9.17) is 18.9 Å². The van der Waals surface area contributed by atoms with Crippen LogP contribution in [0.1, 0.15) is 67.5 Å². The Morgan fingerprint density at radius 1 is 1.02 bits per heavy atom. The Bertz CT molecular complexity index is 1530. The molecule has 3 aromatic rings. The van der Waals surface area contributed by atoms with Gasteiger partial charge in [0.25, 0.3) is 0 Å². The number of aliphatic carboxylic acids is 1. The number of halogens is 1. The van der Waals surface area contributed by atoms with Gasteiger partial charge in [0.05, 0.1) is 25.2 Å². The largest absolute Gasteiger partial charge is 0.491 e. The summed E-state index contributed by atoms with van der Waals surface area (Å²) >= 11 is 0. The molecule has 9 nitrogen and oxygen atoms in total. The first-order chi connectivity index (χ1) is 22.1. The molecule has 0 bridgehead atoms. The van der Waals surface area contributed by atoms with Crippen molar-refractivity contribution in [2.45, 2.75) is 65.5 Å². The molecule has 3 atom stereocenters. The van der Waals surface area contributed by atoms with Gasteiger partial charge in [-0.2, -0.15) is 0 Å². The van der Waals surface area contributed by atoms with Crippen LogP contribution in [0.25, 0.3) is 0 Å². The van der Waals surface area contributed by atoms with E-state index < -0.39 is 29.7 Å². The third-order valence-electron chi connectivity index (χ3n) is 8.60. The summed E-state index contributed by atoms with van der Waals surface area (Å²) in [6.45, 7) is 10.9. The highest BCUT2D eigenvalue weighted by Crippen LogP contribution is 2.48. The highest BCUT2D eigenvalue weighted by molar-refractivity contribution is 5.94. The van der Waals surface area contributed by atoms with Crippen molar-refractivity contribution in [1.29, 1.82) is 0 Å². The zero-order valence-electron chi connectivity index (χ0n) is 27.1. The van der Waals surface area contributed by atoms with Crippen LogP contribution in [-0.4, -0.2) is 61.1 Å². The van der Waals surface area contributed by atoms with Crippen LogP contribution in [-0.2, 0) is 27.2 Å². The van der Waals surface area contributed by atoms with Crippen LogP contribution in [0.4, 0.5) is 10.1 Å². The van der Waals surface area contributed by atoms with Crippen LogP contribution in [0, 0.1) is 18.7 Å². The van der Waals surface area contributed by atoms with Crippen molar-refractivity contribution >= 4 is 17.6 Å². The fourth-order valence-electron chi connectivity index (χ4n) is 6.56. The summed E-state index contributed by atoms with van der Waals surface area (Å²) in [7, 11) is 0. The number of benzene rings is 3. The van der Waals surface area contributed by atoms with Crippen LogP contribution in [0.2, 0.25) is 0 Å². The van der Waals surface area contributed by atoms with Gasteiger partial charge in [0.1, 0.15) is 12.4 Å². The molecule has 2 heterocycles. The number of rotatable bonds is 13. The van der Waals surface area contributed by atoms with Crippen molar-refractivity contribution in [1.82, 2.24) is 4.90 Å². The molecule has 5 rings (SSSR count). The lowest BCUT2D eigenvalue weighted by molar-refractivity contribution is -0.143. The number of hydrogen-bond acceptors (Lipinski definition) is 7. The molecule has 2 N–H and O–H groups in total. The SMILES string of the molecule is CCc1cc(C)cc(CC)c1NC(=O)CN1C[C@H](c2cc(F)c3c(c2)OCO3)C(C(=O)O)[C@@H]1c1ccc(OCCOC(C)C)cc1. The lowest BCUT2D eigenvalue weighted by Gasteiger charge is -2.27. The molecule has 1 saturated heterocycles. The summed E-state index contributed by atoms with van der Waals surface area (Å²) in [5.41, 5.74) is 5.24. The van der Waals surface area contributed by atoms with Gasteiger partial charge in [-0.15, -0.1) is 0 Å². The summed E-state index contributed by atoms with van der Waals surface area (Å²) < 4.78 is 37.1. The fraction of sp³-hybridized carbons (Fsp3) is 0.444. The molecular weight excluding hydrogens is 591 g/mol. The summed E-state index contributed by atoms with van der Waals surface area (Å²) in [6.07, 6.45) is 1.62. The summed E-state index contributed by atoms with van der Waals surface area (Å²) in [6, 6.07) is 13.7. The zero-order valence-corrected chi connectivity index (χ0v) is 27.1. The number of likely N-dealkylation sites (tertiary alicyclic amines) is 1. The average Bonchev–Trinajstić information content (AvgIpc) is 3.65. The highest BCUT2D eigenvalue weighted by atomic mass is 19.1. The topological polar surface area (TPSA) is 107 Å². The minimum absolute atomic E-state index is 0.0207. The quantitative estimate of drug-likeness (QED) is 0.212. The molecule has 3 aromatic carbocycles. The number of ether oxygens (including phenoxy) is 4. The van der Waals surface area contributed by atoms with Crippen molar-refractivity contribution in [3.8, 4) is 17.2 Å². The number of carboxylic acids is 1. The first kappa shape index (κ1) is 33.2. The number of amides is 1. The first-order valence-electron chi connectivity index (χ1n) is 15.9. The van der Waals surface area contributed by atoms with Crippen LogP contribution in [0.3, 0.4) is 0 Å². The number of carboxylic acid groups (broad SMARTS) is 1. The maximum absolute atomic E-state index is 15.0. The van der Waals surface area contributed by atoms with E-state index in [1.807, 2.05) is 37.8 Å². The third-order valence-corrected chi connectivity index (χ3v) is 8.60. The van der Waals surface area contributed by atoms with E-state index in [0.717, 1.165) is 35.2 Å². The molecular formula is C36H43FN2O7. The number of anilines is 1. The maximum Gasteiger partial charge on any atom is 0.309 e. The molecule has 46 heavy (non-hydrogen) atoms. The van der Waals surface area contributed by atoms with Crippen molar-refractivity contribution < 1.29 is 38.0 Å². The van der Waals surface area contributed by atoms with Gasteiger partial charge >= 0.3 is 5.97 Å². The van der Waals surface area contributed by atoms with Crippen LogP contribution < -0.4 is 19.5 Å². The van der Waals surface area contributed by atoms with E-state index in [-0.39, 0.29) is 43.4 Å². The summed E-state index contributed by atoms with van der Waals surface area (Å²) in [5.74, 6) is -2.61. The number of carbonyl (C=O) groups is 2. The molecule has 1 unspecified atom stereocenters. The lowest BCUT2D eigenvalue weighted by atomic mass is 9.82. The van der Waals surface area contributed by atoms with Crippen LogP contribution >= 0.6 is 0 Å². The number of nitrogens with one attached hydrogen (secondary N) is 1. The molecule has 2 aliphatic heterocycles. The Balaban J connectivity index is 1.46. The highest BCUT2D eigenvalue weighted by Gasteiger charge is 2.48. The zero-order chi connectivity index (χ0) is 33.0. The summed E-state index contributed by atoms with van der Waals surface area (Å²) in [4.78, 5) is 28.6. The number of carbonyl (C=O) groups excluding carboxylic acids is 1. The van der Waals surface area contributed by atoms with Crippen molar-refractivity contribution in [2.24, 2.45) is 5.92 Å². The number of aryl methyl sites for hydroxylation is 3. The van der Waals surface area contributed by atoms with Gasteiger partial charge in [-0.25, -0.2) is 4.39 Å². The normalized spacial score (nSPS) is 19.1. The predicted molar refractivity (Wildman–Crippen MR) is 172 cm³/mol. The molecule has 1 amide bonds. The van der Waals surface area contributed by atoms with Crippen molar-refractivity contribution in [3.05, 3.63) is 82.2 Å². The standard InChI is InChI=1S/C36H43FN2O7/c1-6-23-14-22(5)15-24(7-2)33(23)38-31(40)19-39-18-28(26-16-29(37)35-30(17-26)45-20-46-35)32(36(41)42)34(39)25-8-10-27(11-9-25)44-13-12-43-21(3)4/h8-11,14-17,21,28,32,34H,6-7,12-13,18-20H2,1-5H3,(H,38,40)(H,41,42)/t28-,32?,34+/m1/s1. The molecule has 0 saturated carbocycles. The molecule has 0 spiro atoms. The molecule has 1 fully saturated rings. The first-order valence-corrected chi connectivity index (χ1v) is 15.9. The van der Waals surface area contributed by atoms with Gasteiger partial charge in [0, 0.05) is 24.2 Å². The van der Waals surface area contributed by atoms with E-state index in [0.29, 0.717) is 30.1 Å². The Morgan fingerprint density at radius 3 is 2.35 bits per heavy atom. The van der Waals surface area contributed by atoms with E-state index in [2.05, 4.69) is 31.3 Å². The van der Waals surface area contributed by atoms with Crippen LogP contribution in [0.15, 0.2) is 48.5 Å². The second-order valence-electron chi connectivity index (χ2n) is 12.1. The molecule has 0 aliphatic carbocycles. The fourth-order valence-corrected chi connectivity index (χ4v) is 6.56. The second kappa shape index (κ2) is 14.5. The number of fused-ring (bicyclic) bond motifs is 1. The van der Waals surface area contributed by atoms with E-state index in [9.17, 15) is 14.7 Å². The van der Waals surface area contributed by atoms with Crippen molar-refractivity contribution in [3.63, 3.8) is 0 Å². The molecule has 0 radical (unpaired) electrons. The van der Waals surface area contributed by atoms with Gasteiger partial charge in [-0.05, 0) is 80.1 Å². The van der Waals surface area contributed by atoms with Gasteiger partial charge in [-0.1, -0.05) is 43.7 Å². The summed E-state index contributed by atoms with van der Waals surface area (Å²) in [5, 5.41) is 13.8.